The molecule has 1 saturated carbocycles. The third-order valence-corrected chi connectivity index (χ3v) is 6.50. The molecule has 1 aliphatic carbocycles. The second kappa shape index (κ2) is 8.65. The molecule has 0 amide bonds. The summed E-state index contributed by atoms with van der Waals surface area (Å²) in [6.07, 6.45) is 3.74. The molecule has 0 bridgehead atoms. The maximum Gasteiger partial charge on any atom is 0.228 e. The molecule has 3 heterocycles. The molecular formula is C25H25ClN6O. The molecule has 2 aromatic carbocycles. The summed E-state index contributed by atoms with van der Waals surface area (Å²) in [5, 5.41) is 13.1. The van der Waals surface area contributed by atoms with Crippen LogP contribution in [0.15, 0.2) is 48.5 Å². The summed E-state index contributed by atoms with van der Waals surface area (Å²) in [5.41, 5.74) is 5.01. The van der Waals surface area contributed by atoms with E-state index in [1.165, 1.54) is 23.9 Å². The van der Waals surface area contributed by atoms with Gasteiger partial charge in [0.25, 0.3) is 0 Å². The van der Waals surface area contributed by atoms with Crippen LogP contribution in [0.1, 0.15) is 18.5 Å². The average Bonchev–Trinajstić information content (AvgIpc) is 3.59. The Morgan fingerprint density at radius 1 is 1.03 bits per heavy atom. The van der Waals surface area contributed by atoms with E-state index in [1.54, 1.807) is 0 Å². The van der Waals surface area contributed by atoms with E-state index in [4.69, 9.17) is 26.3 Å². The van der Waals surface area contributed by atoms with Gasteiger partial charge in [0.15, 0.2) is 0 Å². The van der Waals surface area contributed by atoms with E-state index in [9.17, 15) is 0 Å². The fraction of sp³-hybridized carbons (Fsp3) is 0.320. The van der Waals surface area contributed by atoms with Crippen LogP contribution < -0.4 is 10.2 Å². The lowest BCUT2D eigenvalue weighted by Crippen LogP contribution is -2.37. The summed E-state index contributed by atoms with van der Waals surface area (Å²) in [4.78, 5) is 11.9. The zero-order valence-corrected chi connectivity index (χ0v) is 19.0. The third-order valence-electron chi connectivity index (χ3n) is 6.24. The van der Waals surface area contributed by atoms with Crippen molar-refractivity contribution < 1.29 is 4.74 Å². The highest BCUT2D eigenvalue weighted by Gasteiger charge is 2.23. The highest BCUT2D eigenvalue weighted by molar-refractivity contribution is 6.30. The van der Waals surface area contributed by atoms with Gasteiger partial charge in [-0.1, -0.05) is 23.7 Å². The Labute approximate surface area is 197 Å². The summed E-state index contributed by atoms with van der Waals surface area (Å²) in [6, 6.07) is 16.0. The van der Waals surface area contributed by atoms with Gasteiger partial charge in [-0.15, -0.1) is 0 Å². The Morgan fingerprint density at radius 2 is 1.85 bits per heavy atom. The number of fused-ring (bicyclic) bond motifs is 1. The van der Waals surface area contributed by atoms with E-state index in [-0.39, 0.29) is 0 Å². The molecular weight excluding hydrogens is 436 g/mol. The van der Waals surface area contributed by atoms with Crippen molar-refractivity contribution in [3.63, 3.8) is 0 Å². The Bertz CT molecular complexity index is 1280. The predicted molar refractivity (Wildman–Crippen MR) is 131 cm³/mol. The summed E-state index contributed by atoms with van der Waals surface area (Å²) in [7, 11) is 0. The fourth-order valence-corrected chi connectivity index (χ4v) is 4.35. The van der Waals surface area contributed by atoms with Crippen LogP contribution in [-0.2, 0) is 11.2 Å². The normalized spacial score (nSPS) is 16.3. The first-order valence-electron chi connectivity index (χ1n) is 11.4. The van der Waals surface area contributed by atoms with Crippen LogP contribution in [0.4, 0.5) is 17.5 Å². The van der Waals surface area contributed by atoms with Crippen LogP contribution in [0, 0.1) is 5.92 Å². The standard InChI is InChI=1S/C25H25ClN6O/c26-18-4-6-19(7-5-18)27-24-15-21(28-25(29-24)32-9-11-33-12-10-32)17-3-8-20-22(13-16-1-2-16)30-31-23(20)14-17/h3-8,14-16H,1-2,9-13H2,(H,30,31)(H,27,28,29). The van der Waals surface area contributed by atoms with Gasteiger partial charge in [-0.25, -0.2) is 4.98 Å². The molecule has 2 aliphatic rings. The summed E-state index contributed by atoms with van der Waals surface area (Å²) < 4.78 is 5.52. The van der Waals surface area contributed by atoms with E-state index in [0.717, 1.165) is 53.7 Å². The highest BCUT2D eigenvalue weighted by Crippen LogP contribution is 2.35. The van der Waals surface area contributed by atoms with Crippen LogP contribution in [0.3, 0.4) is 0 Å². The SMILES string of the molecule is Clc1ccc(Nc2cc(-c3ccc4c(CC5CC5)[nH]nc4c3)nc(N3CCOCC3)n2)cc1. The topological polar surface area (TPSA) is 79.0 Å². The molecule has 0 atom stereocenters. The monoisotopic (exact) mass is 460 g/mol. The van der Waals surface area contributed by atoms with Crippen LogP contribution in [0.5, 0.6) is 0 Å². The average molecular weight is 461 g/mol. The number of hydrogen-bond acceptors (Lipinski definition) is 6. The number of nitrogens with one attached hydrogen (secondary N) is 2. The van der Waals surface area contributed by atoms with Crippen molar-refractivity contribution in [1.29, 1.82) is 0 Å². The first-order chi connectivity index (χ1) is 16.2. The van der Waals surface area contributed by atoms with Crippen molar-refractivity contribution in [3.8, 4) is 11.3 Å². The van der Waals surface area contributed by atoms with E-state index in [2.05, 4.69) is 38.6 Å². The summed E-state index contributed by atoms with van der Waals surface area (Å²) >= 11 is 6.05. The molecule has 1 aliphatic heterocycles. The number of aromatic amines is 1. The predicted octanol–water partition coefficient (Wildman–Crippen LogP) is 5.21. The Balaban J connectivity index is 1.37. The fourth-order valence-electron chi connectivity index (χ4n) is 4.23. The number of benzene rings is 2. The zero-order chi connectivity index (χ0) is 22.2. The largest absolute Gasteiger partial charge is 0.378 e. The van der Waals surface area contributed by atoms with Gasteiger partial charge in [-0.05, 0) is 55.5 Å². The van der Waals surface area contributed by atoms with Crippen molar-refractivity contribution in [2.45, 2.75) is 19.3 Å². The number of hydrogen-bond donors (Lipinski definition) is 2. The smallest absolute Gasteiger partial charge is 0.228 e. The van der Waals surface area contributed by atoms with Crippen LogP contribution in [0.25, 0.3) is 22.2 Å². The number of ether oxygens (including phenoxy) is 1. The van der Waals surface area contributed by atoms with Gasteiger partial charge in [0.2, 0.25) is 5.95 Å². The van der Waals surface area contributed by atoms with Crippen LogP contribution in [-0.4, -0.2) is 46.5 Å². The van der Waals surface area contributed by atoms with E-state index < -0.39 is 0 Å². The van der Waals surface area contributed by atoms with Crippen LogP contribution >= 0.6 is 11.6 Å². The number of nitrogens with zero attached hydrogens (tertiary/aromatic N) is 4. The second-order valence-electron chi connectivity index (χ2n) is 8.75. The minimum atomic E-state index is 0.677. The van der Waals surface area contributed by atoms with Gasteiger partial charge in [-0.3, -0.25) is 5.10 Å². The number of halogens is 1. The second-order valence-corrected chi connectivity index (χ2v) is 9.19. The van der Waals surface area contributed by atoms with Crippen molar-refractivity contribution >= 4 is 40.0 Å². The lowest BCUT2D eigenvalue weighted by Gasteiger charge is -2.27. The first kappa shape index (κ1) is 20.4. The van der Waals surface area contributed by atoms with E-state index in [1.807, 2.05) is 30.3 Å². The van der Waals surface area contributed by atoms with E-state index in [0.29, 0.717) is 24.2 Å². The highest BCUT2D eigenvalue weighted by atomic mass is 35.5. The molecule has 0 radical (unpaired) electrons. The van der Waals surface area contributed by atoms with Gasteiger partial charge < -0.3 is 15.0 Å². The quantitative estimate of drug-likeness (QED) is 0.411. The molecule has 2 aromatic heterocycles. The van der Waals surface area contributed by atoms with Crippen molar-refractivity contribution in [2.24, 2.45) is 5.92 Å². The maximum atomic E-state index is 6.05. The van der Waals surface area contributed by atoms with E-state index >= 15 is 0 Å². The number of aromatic nitrogens is 4. The molecule has 0 spiro atoms. The van der Waals surface area contributed by atoms with Gasteiger partial charge in [0.05, 0.1) is 24.4 Å². The van der Waals surface area contributed by atoms with Crippen LogP contribution in [0.2, 0.25) is 5.02 Å². The minimum absolute atomic E-state index is 0.677. The number of rotatable bonds is 6. The molecule has 168 valence electrons. The molecule has 33 heavy (non-hydrogen) atoms. The van der Waals surface area contributed by atoms with Gasteiger partial charge in [0.1, 0.15) is 5.82 Å². The third kappa shape index (κ3) is 4.51. The van der Waals surface area contributed by atoms with Crippen molar-refractivity contribution in [2.75, 3.05) is 36.5 Å². The summed E-state index contributed by atoms with van der Waals surface area (Å²) in [6.45, 7) is 2.90. The van der Waals surface area contributed by atoms with Gasteiger partial charge in [-0.2, -0.15) is 10.1 Å². The molecule has 6 rings (SSSR count). The maximum absolute atomic E-state index is 6.05. The summed E-state index contributed by atoms with van der Waals surface area (Å²) in [5.74, 6) is 2.25. The Kier molecular flexibility index (Phi) is 5.36. The molecule has 1 saturated heterocycles. The molecule has 8 heteroatoms. The Hall–Kier alpha value is -3.16. The lowest BCUT2D eigenvalue weighted by atomic mass is 10.1. The number of morpholine rings is 1. The Morgan fingerprint density at radius 3 is 2.64 bits per heavy atom. The molecule has 0 unspecified atom stereocenters. The lowest BCUT2D eigenvalue weighted by molar-refractivity contribution is 0.122. The molecule has 2 fully saturated rings. The molecule has 4 aromatic rings. The van der Waals surface area contributed by atoms with Crippen molar-refractivity contribution in [1.82, 2.24) is 20.2 Å². The zero-order valence-electron chi connectivity index (χ0n) is 18.2. The molecule has 7 nitrogen and oxygen atoms in total. The first-order valence-corrected chi connectivity index (χ1v) is 11.8. The number of H-pyrrole nitrogens is 1. The van der Waals surface area contributed by atoms with Gasteiger partial charge in [0, 0.05) is 46.5 Å². The minimum Gasteiger partial charge on any atom is -0.378 e. The number of anilines is 3. The van der Waals surface area contributed by atoms with Crippen molar-refractivity contribution in [3.05, 3.63) is 59.2 Å². The van der Waals surface area contributed by atoms with Gasteiger partial charge >= 0.3 is 0 Å². The molecule has 2 N–H and O–H groups in total.